The normalized spacial score (nSPS) is 12.7. The molecule has 0 saturated heterocycles. The molecule has 0 spiro atoms. The van der Waals surface area contributed by atoms with Crippen LogP contribution in [-0.4, -0.2) is 0 Å². The molecule has 0 unspecified atom stereocenters. The quantitative estimate of drug-likeness (QED) is 0.663. The summed E-state index contributed by atoms with van der Waals surface area (Å²) in [5, 5.41) is 0. The molecular formula is C6H4F4OS. The molecule has 0 heterocycles. The summed E-state index contributed by atoms with van der Waals surface area (Å²) >= 11 is -5.51. The van der Waals surface area contributed by atoms with Gasteiger partial charge in [0.2, 0.25) is 0 Å². The van der Waals surface area contributed by atoms with E-state index in [1.54, 1.807) is 0 Å². The van der Waals surface area contributed by atoms with E-state index in [0.29, 0.717) is 0 Å². The van der Waals surface area contributed by atoms with Gasteiger partial charge in [-0.1, -0.05) is 11.7 Å². The summed E-state index contributed by atoms with van der Waals surface area (Å²) in [5.41, 5.74) is 0. The number of hydrogen-bond acceptors (Lipinski definition) is 1. The first-order valence-corrected chi connectivity index (χ1v) is 4.10. The van der Waals surface area contributed by atoms with Gasteiger partial charge >= 0.3 is 11.5 Å². The highest BCUT2D eigenvalue weighted by atomic mass is 32.4. The molecule has 0 amide bonds. The van der Waals surface area contributed by atoms with E-state index in [-0.39, 0.29) is 5.75 Å². The smallest absolute Gasteiger partial charge is 0.373 e. The van der Waals surface area contributed by atoms with Gasteiger partial charge in [-0.2, -0.15) is 0 Å². The molecule has 1 nitrogen and oxygen atoms in total. The Kier molecular flexibility index (Phi) is 2.46. The predicted octanol–water partition coefficient (Wildman–Crippen LogP) is 3.58. The van der Waals surface area contributed by atoms with Crippen LogP contribution in [0.25, 0.3) is 0 Å². The molecule has 0 aliphatic carbocycles. The molecule has 0 N–H and O–H groups in total. The second-order valence-corrected chi connectivity index (χ2v) is 2.80. The number of halogens is 4. The fourth-order valence-corrected chi connectivity index (χ4v) is 0.929. The maximum Gasteiger partial charge on any atom is 0.391 e. The standard InChI is InChI=1S/C6H4F4OS/c7-5-1-3-6(4-2-5)11-12(8,9)10/h1-4H. The van der Waals surface area contributed by atoms with Crippen LogP contribution in [0.2, 0.25) is 0 Å². The van der Waals surface area contributed by atoms with Gasteiger partial charge in [0.25, 0.3) is 0 Å². The Balaban J connectivity index is 2.71. The van der Waals surface area contributed by atoms with E-state index in [1.807, 2.05) is 0 Å². The molecule has 1 rings (SSSR count). The third kappa shape index (κ3) is 3.00. The Morgan fingerprint density at radius 3 is 1.92 bits per heavy atom. The van der Waals surface area contributed by atoms with Gasteiger partial charge < -0.3 is 4.18 Å². The summed E-state index contributed by atoms with van der Waals surface area (Å²) in [6.07, 6.45) is 0. The fourth-order valence-electron chi connectivity index (χ4n) is 0.599. The lowest BCUT2D eigenvalue weighted by atomic mass is 10.3. The average molecular weight is 200 g/mol. The third-order valence-electron chi connectivity index (χ3n) is 1.00. The molecule has 1 aromatic carbocycles. The largest absolute Gasteiger partial charge is 0.391 e. The van der Waals surface area contributed by atoms with Crippen molar-refractivity contribution in [1.82, 2.24) is 0 Å². The van der Waals surface area contributed by atoms with Crippen LogP contribution >= 0.6 is 11.5 Å². The Hall–Kier alpha value is -0.910. The monoisotopic (exact) mass is 200 g/mol. The van der Waals surface area contributed by atoms with E-state index in [4.69, 9.17) is 0 Å². The van der Waals surface area contributed by atoms with E-state index in [9.17, 15) is 16.0 Å². The summed E-state index contributed by atoms with van der Waals surface area (Å²) < 4.78 is 50.6. The van der Waals surface area contributed by atoms with E-state index >= 15 is 0 Å². The average Bonchev–Trinajstić information content (AvgIpc) is 1.91. The van der Waals surface area contributed by atoms with Crippen molar-refractivity contribution >= 4 is 11.5 Å². The molecular weight excluding hydrogens is 196 g/mol. The molecule has 0 fully saturated rings. The minimum absolute atomic E-state index is 0.390. The maximum atomic E-state index is 12.2. The Morgan fingerprint density at radius 1 is 1.00 bits per heavy atom. The summed E-state index contributed by atoms with van der Waals surface area (Å²) in [5.74, 6) is -0.988. The van der Waals surface area contributed by atoms with E-state index in [1.165, 1.54) is 0 Å². The lowest BCUT2D eigenvalue weighted by Crippen LogP contribution is -1.89. The van der Waals surface area contributed by atoms with Crippen LogP contribution < -0.4 is 4.18 Å². The number of rotatable bonds is 2. The van der Waals surface area contributed by atoms with Crippen LogP contribution in [0.3, 0.4) is 0 Å². The zero-order chi connectivity index (χ0) is 9.19. The zero-order valence-electron chi connectivity index (χ0n) is 5.64. The van der Waals surface area contributed by atoms with Crippen molar-refractivity contribution in [3.63, 3.8) is 0 Å². The Morgan fingerprint density at radius 2 is 1.50 bits per heavy atom. The van der Waals surface area contributed by atoms with E-state index < -0.39 is 17.3 Å². The molecule has 6 heteroatoms. The minimum atomic E-state index is -5.51. The van der Waals surface area contributed by atoms with Gasteiger partial charge in [-0.3, -0.25) is 0 Å². The van der Waals surface area contributed by atoms with Gasteiger partial charge in [-0.05, 0) is 24.3 Å². The van der Waals surface area contributed by atoms with Crippen molar-refractivity contribution in [1.29, 1.82) is 0 Å². The molecule has 68 valence electrons. The molecule has 0 aliphatic heterocycles. The minimum Gasteiger partial charge on any atom is -0.373 e. The van der Waals surface area contributed by atoms with Crippen LogP contribution in [0.1, 0.15) is 0 Å². The predicted molar refractivity (Wildman–Crippen MR) is 37.9 cm³/mol. The van der Waals surface area contributed by atoms with Crippen LogP contribution in [-0.2, 0) is 0 Å². The first-order chi connectivity index (χ1) is 5.47. The van der Waals surface area contributed by atoms with Gasteiger partial charge in [-0.15, -0.1) is 0 Å². The van der Waals surface area contributed by atoms with Crippen molar-refractivity contribution in [3.8, 4) is 5.75 Å². The topological polar surface area (TPSA) is 9.23 Å². The highest BCUT2D eigenvalue weighted by Crippen LogP contribution is 2.53. The highest BCUT2D eigenvalue weighted by Gasteiger charge is 2.23. The number of hydrogen-bond donors (Lipinski definition) is 0. The van der Waals surface area contributed by atoms with Gasteiger partial charge in [-0.25, -0.2) is 4.39 Å². The van der Waals surface area contributed by atoms with Crippen molar-refractivity contribution in [2.24, 2.45) is 0 Å². The summed E-state index contributed by atoms with van der Waals surface area (Å²) in [6, 6.07) is 3.66. The van der Waals surface area contributed by atoms with Gasteiger partial charge in [0.15, 0.2) is 0 Å². The summed E-state index contributed by atoms with van der Waals surface area (Å²) in [7, 11) is 0. The molecule has 0 saturated carbocycles. The van der Waals surface area contributed by atoms with Gasteiger partial charge in [0.1, 0.15) is 11.6 Å². The Bertz CT molecular complexity index is 255. The van der Waals surface area contributed by atoms with Crippen molar-refractivity contribution in [2.75, 3.05) is 0 Å². The molecule has 1 aromatic rings. The zero-order valence-corrected chi connectivity index (χ0v) is 6.45. The third-order valence-corrected chi connectivity index (χ3v) is 1.39. The van der Waals surface area contributed by atoms with Crippen LogP contribution in [0.15, 0.2) is 24.3 Å². The maximum absolute atomic E-state index is 12.2. The first-order valence-electron chi connectivity index (χ1n) is 2.84. The van der Waals surface area contributed by atoms with Crippen molar-refractivity contribution in [3.05, 3.63) is 30.1 Å². The first kappa shape index (κ1) is 9.18. The summed E-state index contributed by atoms with van der Waals surface area (Å²) in [4.78, 5) is 0. The van der Waals surface area contributed by atoms with Crippen LogP contribution in [0, 0.1) is 5.82 Å². The van der Waals surface area contributed by atoms with E-state index in [0.717, 1.165) is 24.3 Å². The van der Waals surface area contributed by atoms with Crippen LogP contribution in [0.5, 0.6) is 5.75 Å². The fraction of sp³-hybridized carbons (Fsp3) is 0. The second kappa shape index (κ2) is 3.22. The summed E-state index contributed by atoms with van der Waals surface area (Å²) in [6.45, 7) is 0. The van der Waals surface area contributed by atoms with Crippen molar-refractivity contribution in [2.45, 2.75) is 0 Å². The lowest BCUT2D eigenvalue weighted by Gasteiger charge is -2.10. The number of benzene rings is 1. The SMILES string of the molecule is Fc1ccc(OS(F)(F)F)cc1. The Labute approximate surface area is 68.4 Å². The second-order valence-electron chi connectivity index (χ2n) is 1.90. The molecule has 0 atom stereocenters. The molecule has 0 aliphatic rings. The van der Waals surface area contributed by atoms with Gasteiger partial charge in [0, 0.05) is 0 Å². The van der Waals surface area contributed by atoms with Crippen molar-refractivity contribution < 1.29 is 20.2 Å². The molecule has 12 heavy (non-hydrogen) atoms. The van der Waals surface area contributed by atoms with E-state index in [2.05, 4.69) is 4.18 Å². The van der Waals surface area contributed by atoms with Gasteiger partial charge in [0.05, 0.1) is 0 Å². The molecule has 0 bridgehead atoms. The molecule has 0 radical (unpaired) electrons. The van der Waals surface area contributed by atoms with Crippen LogP contribution in [0.4, 0.5) is 16.0 Å². The lowest BCUT2D eigenvalue weighted by molar-refractivity contribution is 0.451. The molecule has 0 aromatic heterocycles. The highest BCUT2D eigenvalue weighted by molar-refractivity contribution is 8.17.